The molecule has 0 fully saturated rings. The van der Waals surface area contributed by atoms with Crippen molar-refractivity contribution >= 4 is 22.8 Å². The van der Waals surface area contributed by atoms with E-state index in [1.165, 1.54) is 6.39 Å². The van der Waals surface area contributed by atoms with Gasteiger partial charge < -0.3 is 9.73 Å². The van der Waals surface area contributed by atoms with Gasteiger partial charge in [-0.1, -0.05) is 6.07 Å². The van der Waals surface area contributed by atoms with E-state index in [2.05, 4.69) is 15.3 Å². The highest BCUT2D eigenvalue weighted by Crippen LogP contribution is 2.16. The van der Waals surface area contributed by atoms with Gasteiger partial charge in [0.1, 0.15) is 11.3 Å². The van der Waals surface area contributed by atoms with E-state index in [1.807, 2.05) is 19.1 Å². The van der Waals surface area contributed by atoms with Crippen molar-refractivity contribution in [2.45, 2.75) is 6.92 Å². The number of oxazole rings is 1. The SMILES string of the molecule is Cc1cccnc1NC(=O)c1ccc2ocnc2c1. The molecule has 2 aromatic heterocycles. The predicted molar refractivity (Wildman–Crippen MR) is 70.9 cm³/mol. The number of amides is 1. The molecule has 0 atom stereocenters. The Kier molecular flexibility index (Phi) is 2.72. The monoisotopic (exact) mass is 253 g/mol. The first-order valence-corrected chi connectivity index (χ1v) is 5.80. The summed E-state index contributed by atoms with van der Waals surface area (Å²) in [7, 11) is 0. The minimum absolute atomic E-state index is 0.216. The molecule has 0 aliphatic rings. The van der Waals surface area contributed by atoms with E-state index < -0.39 is 0 Å². The summed E-state index contributed by atoms with van der Waals surface area (Å²) in [5.41, 5.74) is 2.75. The maximum atomic E-state index is 12.1. The quantitative estimate of drug-likeness (QED) is 0.762. The van der Waals surface area contributed by atoms with E-state index in [1.54, 1.807) is 24.4 Å². The van der Waals surface area contributed by atoms with Gasteiger partial charge in [-0.2, -0.15) is 0 Å². The first kappa shape index (κ1) is 11.4. The summed E-state index contributed by atoms with van der Waals surface area (Å²) in [6.45, 7) is 1.89. The van der Waals surface area contributed by atoms with Crippen molar-refractivity contribution in [1.82, 2.24) is 9.97 Å². The fourth-order valence-corrected chi connectivity index (χ4v) is 1.80. The number of anilines is 1. The zero-order valence-corrected chi connectivity index (χ0v) is 10.3. The smallest absolute Gasteiger partial charge is 0.256 e. The number of carbonyl (C=O) groups excluding carboxylic acids is 1. The third kappa shape index (κ3) is 2.18. The van der Waals surface area contributed by atoms with Crippen molar-refractivity contribution in [3.05, 3.63) is 54.0 Å². The molecule has 94 valence electrons. The molecular weight excluding hydrogens is 242 g/mol. The number of pyridine rings is 1. The van der Waals surface area contributed by atoms with E-state index in [0.29, 0.717) is 22.5 Å². The fraction of sp³-hybridized carbons (Fsp3) is 0.0714. The molecule has 0 aliphatic carbocycles. The van der Waals surface area contributed by atoms with Gasteiger partial charge in [0.25, 0.3) is 5.91 Å². The van der Waals surface area contributed by atoms with E-state index >= 15 is 0 Å². The van der Waals surface area contributed by atoms with Crippen LogP contribution in [0.1, 0.15) is 15.9 Å². The van der Waals surface area contributed by atoms with Gasteiger partial charge in [-0.05, 0) is 36.8 Å². The van der Waals surface area contributed by atoms with Crippen LogP contribution < -0.4 is 5.32 Å². The third-order valence-corrected chi connectivity index (χ3v) is 2.83. The predicted octanol–water partition coefficient (Wildman–Crippen LogP) is 2.78. The Labute approximate surface area is 109 Å². The summed E-state index contributed by atoms with van der Waals surface area (Å²) >= 11 is 0. The summed E-state index contributed by atoms with van der Waals surface area (Å²) in [4.78, 5) is 20.3. The van der Waals surface area contributed by atoms with Crippen LogP contribution in [0.3, 0.4) is 0 Å². The largest absolute Gasteiger partial charge is 0.443 e. The maximum absolute atomic E-state index is 12.1. The van der Waals surface area contributed by atoms with Gasteiger partial charge in [-0.25, -0.2) is 9.97 Å². The minimum Gasteiger partial charge on any atom is -0.443 e. The van der Waals surface area contributed by atoms with Crippen LogP contribution in [-0.4, -0.2) is 15.9 Å². The molecule has 5 nitrogen and oxygen atoms in total. The number of hydrogen-bond acceptors (Lipinski definition) is 4. The fourth-order valence-electron chi connectivity index (χ4n) is 1.80. The molecular formula is C14H11N3O2. The lowest BCUT2D eigenvalue weighted by molar-refractivity contribution is 0.102. The number of hydrogen-bond donors (Lipinski definition) is 1. The third-order valence-electron chi connectivity index (χ3n) is 2.83. The van der Waals surface area contributed by atoms with Crippen molar-refractivity contribution in [2.24, 2.45) is 0 Å². The number of carbonyl (C=O) groups is 1. The van der Waals surface area contributed by atoms with Gasteiger partial charge in [0, 0.05) is 11.8 Å². The van der Waals surface area contributed by atoms with Crippen molar-refractivity contribution in [1.29, 1.82) is 0 Å². The van der Waals surface area contributed by atoms with Crippen LogP contribution in [0.15, 0.2) is 47.3 Å². The number of nitrogens with zero attached hydrogens (tertiary/aromatic N) is 2. The first-order chi connectivity index (χ1) is 9.24. The molecule has 3 rings (SSSR count). The van der Waals surface area contributed by atoms with Crippen LogP contribution in [0.2, 0.25) is 0 Å². The number of rotatable bonds is 2. The van der Waals surface area contributed by atoms with E-state index in [-0.39, 0.29) is 5.91 Å². The number of nitrogens with one attached hydrogen (secondary N) is 1. The first-order valence-electron chi connectivity index (χ1n) is 5.80. The van der Waals surface area contributed by atoms with Crippen molar-refractivity contribution in [2.75, 3.05) is 5.32 Å². The van der Waals surface area contributed by atoms with Crippen molar-refractivity contribution in [3.63, 3.8) is 0 Å². The van der Waals surface area contributed by atoms with Gasteiger partial charge >= 0.3 is 0 Å². The van der Waals surface area contributed by atoms with Crippen LogP contribution in [0.4, 0.5) is 5.82 Å². The zero-order chi connectivity index (χ0) is 13.2. The summed E-state index contributed by atoms with van der Waals surface area (Å²) < 4.78 is 5.13. The molecule has 0 spiro atoms. The highest BCUT2D eigenvalue weighted by Gasteiger charge is 2.10. The average molecular weight is 253 g/mol. The molecule has 0 saturated carbocycles. The minimum atomic E-state index is -0.216. The molecule has 0 radical (unpaired) electrons. The number of aromatic nitrogens is 2. The molecule has 1 N–H and O–H groups in total. The summed E-state index contributed by atoms with van der Waals surface area (Å²) in [6.07, 6.45) is 3.00. The second kappa shape index (κ2) is 4.53. The molecule has 0 unspecified atom stereocenters. The number of aryl methyl sites for hydroxylation is 1. The van der Waals surface area contributed by atoms with Crippen LogP contribution in [-0.2, 0) is 0 Å². The van der Waals surface area contributed by atoms with Gasteiger partial charge in [-0.15, -0.1) is 0 Å². The average Bonchev–Trinajstić information content (AvgIpc) is 2.88. The van der Waals surface area contributed by atoms with Crippen LogP contribution >= 0.6 is 0 Å². The van der Waals surface area contributed by atoms with Gasteiger partial charge in [0.05, 0.1) is 0 Å². The maximum Gasteiger partial charge on any atom is 0.256 e. The second-order valence-electron chi connectivity index (χ2n) is 4.16. The normalized spacial score (nSPS) is 10.6. The Morgan fingerprint density at radius 2 is 2.16 bits per heavy atom. The molecule has 0 aliphatic heterocycles. The van der Waals surface area contributed by atoms with Crippen molar-refractivity contribution < 1.29 is 9.21 Å². The lowest BCUT2D eigenvalue weighted by atomic mass is 10.2. The Balaban J connectivity index is 1.89. The summed E-state index contributed by atoms with van der Waals surface area (Å²) in [6, 6.07) is 8.83. The van der Waals surface area contributed by atoms with E-state index in [0.717, 1.165) is 5.56 Å². The number of benzene rings is 1. The topological polar surface area (TPSA) is 68.0 Å². The van der Waals surface area contributed by atoms with Crippen LogP contribution in [0.5, 0.6) is 0 Å². The van der Waals surface area contributed by atoms with E-state index in [4.69, 9.17) is 4.42 Å². The standard InChI is InChI=1S/C14H11N3O2/c1-9-3-2-6-15-13(9)17-14(18)10-4-5-12-11(7-10)16-8-19-12/h2-8H,1H3,(H,15,17,18). The summed E-state index contributed by atoms with van der Waals surface area (Å²) in [5.74, 6) is 0.347. The Morgan fingerprint density at radius 1 is 1.26 bits per heavy atom. The highest BCUT2D eigenvalue weighted by molar-refractivity contribution is 6.05. The van der Waals surface area contributed by atoms with Crippen LogP contribution in [0.25, 0.3) is 11.1 Å². The molecule has 1 amide bonds. The van der Waals surface area contributed by atoms with Gasteiger partial charge in [0.15, 0.2) is 12.0 Å². The summed E-state index contributed by atoms with van der Waals surface area (Å²) in [5, 5.41) is 2.77. The van der Waals surface area contributed by atoms with Crippen LogP contribution in [0, 0.1) is 6.92 Å². The Hall–Kier alpha value is -2.69. The highest BCUT2D eigenvalue weighted by atomic mass is 16.3. The Morgan fingerprint density at radius 3 is 3.00 bits per heavy atom. The molecule has 3 aromatic rings. The van der Waals surface area contributed by atoms with Gasteiger partial charge in [-0.3, -0.25) is 4.79 Å². The lowest BCUT2D eigenvalue weighted by Gasteiger charge is -2.06. The molecule has 5 heteroatoms. The molecule has 0 bridgehead atoms. The molecule has 19 heavy (non-hydrogen) atoms. The Bertz CT molecular complexity index is 749. The molecule has 0 saturated heterocycles. The lowest BCUT2D eigenvalue weighted by Crippen LogP contribution is -2.13. The molecule has 1 aromatic carbocycles. The van der Waals surface area contributed by atoms with Gasteiger partial charge in [0.2, 0.25) is 0 Å². The zero-order valence-electron chi connectivity index (χ0n) is 10.3. The molecule has 2 heterocycles. The van der Waals surface area contributed by atoms with E-state index in [9.17, 15) is 4.79 Å². The number of fused-ring (bicyclic) bond motifs is 1. The second-order valence-corrected chi connectivity index (χ2v) is 4.16. The van der Waals surface area contributed by atoms with Crippen molar-refractivity contribution in [3.8, 4) is 0 Å².